The summed E-state index contributed by atoms with van der Waals surface area (Å²) in [6.07, 6.45) is -4.34. The molecule has 0 amide bonds. The van der Waals surface area contributed by atoms with Crippen LogP contribution >= 0.6 is 11.3 Å². The van der Waals surface area contributed by atoms with Gasteiger partial charge < -0.3 is 10.4 Å². The van der Waals surface area contributed by atoms with E-state index in [1.54, 1.807) is 0 Å². The van der Waals surface area contributed by atoms with Gasteiger partial charge in [0.1, 0.15) is 0 Å². The van der Waals surface area contributed by atoms with Crippen LogP contribution in [0.1, 0.15) is 20.8 Å². The summed E-state index contributed by atoms with van der Waals surface area (Å²) in [5.41, 5.74) is 0.0508. The first-order valence-corrected chi connectivity index (χ1v) is 6.46. The highest BCUT2D eigenvalue weighted by Gasteiger charge is 2.29. The van der Waals surface area contributed by atoms with Crippen molar-refractivity contribution in [2.24, 2.45) is 0 Å². The molecule has 0 saturated heterocycles. The fourth-order valence-electron chi connectivity index (χ4n) is 1.55. The number of nitrogens with one attached hydrogen (secondary N) is 1. The van der Waals surface area contributed by atoms with Gasteiger partial charge in [-0.25, -0.2) is 4.79 Å². The van der Waals surface area contributed by atoms with Crippen LogP contribution < -0.4 is 5.32 Å². The maximum atomic E-state index is 12.4. The molecule has 1 heterocycles. The van der Waals surface area contributed by atoms with Gasteiger partial charge in [-0.05, 0) is 30.3 Å². The van der Waals surface area contributed by atoms with Crippen LogP contribution in [0.2, 0.25) is 0 Å². The number of rotatable bonds is 4. The van der Waals surface area contributed by atoms with E-state index in [1.165, 1.54) is 34.9 Å². The highest BCUT2D eigenvalue weighted by atomic mass is 32.1. The molecule has 20 heavy (non-hydrogen) atoms. The Morgan fingerprint density at radius 3 is 2.40 bits per heavy atom. The van der Waals surface area contributed by atoms with Crippen molar-refractivity contribution in [1.29, 1.82) is 0 Å². The lowest BCUT2D eigenvalue weighted by Crippen LogP contribution is -2.05. The molecule has 0 bridgehead atoms. The zero-order valence-corrected chi connectivity index (χ0v) is 10.9. The summed E-state index contributed by atoms with van der Waals surface area (Å²) in [4.78, 5) is 11.5. The van der Waals surface area contributed by atoms with Crippen molar-refractivity contribution >= 4 is 23.0 Å². The SMILES string of the molecule is O=C(O)c1csc(CNc2ccc(C(F)(F)F)cc2)c1. The average molecular weight is 301 g/mol. The Morgan fingerprint density at radius 2 is 1.90 bits per heavy atom. The van der Waals surface area contributed by atoms with Crippen molar-refractivity contribution in [3.63, 3.8) is 0 Å². The minimum absolute atomic E-state index is 0.208. The van der Waals surface area contributed by atoms with E-state index in [1.807, 2.05) is 0 Å². The maximum absolute atomic E-state index is 12.4. The first-order valence-electron chi connectivity index (χ1n) is 5.58. The number of carbonyl (C=O) groups is 1. The second kappa shape index (κ2) is 5.54. The minimum Gasteiger partial charge on any atom is -0.478 e. The molecular formula is C13H10F3NO2S. The second-order valence-electron chi connectivity index (χ2n) is 4.04. The third kappa shape index (κ3) is 3.51. The monoisotopic (exact) mass is 301 g/mol. The van der Waals surface area contributed by atoms with E-state index < -0.39 is 17.7 Å². The Morgan fingerprint density at radius 1 is 1.25 bits per heavy atom. The van der Waals surface area contributed by atoms with Gasteiger partial charge in [-0.2, -0.15) is 13.2 Å². The number of aromatic carboxylic acids is 1. The Labute approximate surface area is 116 Å². The molecule has 1 aromatic heterocycles. The number of carboxylic acids is 1. The lowest BCUT2D eigenvalue weighted by Gasteiger charge is -2.08. The molecule has 3 nitrogen and oxygen atoms in total. The number of halogens is 3. The van der Waals surface area contributed by atoms with Gasteiger partial charge in [-0.3, -0.25) is 0 Å². The number of hydrogen-bond acceptors (Lipinski definition) is 3. The topological polar surface area (TPSA) is 49.3 Å². The van der Waals surface area contributed by atoms with Gasteiger partial charge in [-0.1, -0.05) is 0 Å². The van der Waals surface area contributed by atoms with Crippen LogP contribution in [0, 0.1) is 0 Å². The lowest BCUT2D eigenvalue weighted by molar-refractivity contribution is -0.137. The van der Waals surface area contributed by atoms with Crippen LogP contribution in [0.5, 0.6) is 0 Å². The van der Waals surface area contributed by atoms with Gasteiger partial charge in [0.25, 0.3) is 0 Å². The number of benzene rings is 1. The molecule has 0 aliphatic heterocycles. The third-order valence-electron chi connectivity index (χ3n) is 2.58. The Kier molecular flexibility index (Phi) is 3.99. The molecule has 0 radical (unpaired) electrons. The molecule has 0 fully saturated rings. The van der Waals surface area contributed by atoms with Crippen LogP contribution in [0.4, 0.5) is 18.9 Å². The fourth-order valence-corrected chi connectivity index (χ4v) is 2.35. The Bertz CT molecular complexity index is 605. The number of anilines is 1. The quantitative estimate of drug-likeness (QED) is 0.894. The van der Waals surface area contributed by atoms with Crippen molar-refractivity contribution in [3.8, 4) is 0 Å². The first-order chi connectivity index (χ1) is 9.36. The van der Waals surface area contributed by atoms with E-state index in [9.17, 15) is 18.0 Å². The number of alkyl halides is 3. The smallest absolute Gasteiger partial charge is 0.416 e. The average Bonchev–Trinajstić information content (AvgIpc) is 2.85. The molecule has 0 aliphatic carbocycles. The molecule has 1 aromatic carbocycles. The molecule has 2 N–H and O–H groups in total. The van der Waals surface area contributed by atoms with Gasteiger partial charge in [0, 0.05) is 22.5 Å². The lowest BCUT2D eigenvalue weighted by atomic mass is 10.2. The van der Waals surface area contributed by atoms with Crippen LogP contribution in [-0.2, 0) is 12.7 Å². The molecule has 0 atom stereocenters. The van der Waals surface area contributed by atoms with Crippen molar-refractivity contribution in [2.75, 3.05) is 5.32 Å². The zero-order valence-electron chi connectivity index (χ0n) is 10.1. The summed E-state index contributed by atoms with van der Waals surface area (Å²) in [5, 5.41) is 13.2. The fraction of sp³-hybridized carbons (Fsp3) is 0.154. The van der Waals surface area contributed by atoms with E-state index in [0.29, 0.717) is 12.2 Å². The molecule has 0 aliphatic rings. The Balaban J connectivity index is 1.98. The van der Waals surface area contributed by atoms with Crippen LogP contribution in [0.25, 0.3) is 0 Å². The summed E-state index contributed by atoms with van der Waals surface area (Å²) in [7, 11) is 0. The van der Waals surface area contributed by atoms with E-state index in [4.69, 9.17) is 5.11 Å². The summed E-state index contributed by atoms with van der Waals surface area (Å²) < 4.78 is 37.1. The third-order valence-corrected chi connectivity index (χ3v) is 3.52. The van der Waals surface area contributed by atoms with E-state index >= 15 is 0 Å². The van der Waals surface area contributed by atoms with Crippen LogP contribution in [-0.4, -0.2) is 11.1 Å². The summed E-state index contributed by atoms with van der Waals surface area (Å²) >= 11 is 1.28. The predicted molar refractivity (Wildman–Crippen MR) is 70.0 cm³/mol. The van der Waals surface area contributed by atoms with Gasteiger partial charge in [0.05, 0.1) is 11.1 Å². The largest absolute Gasteiger partial charge is 0.478 e. The number of thiophene rings is 1. The Hall–Kier alpha value is -2.02. The zero-order chi connectivity index (χ0) is 14.8. The van der Waals surface area contributed by atoms with Crippen LogP contribution in [0.3, 0.4) is 0 Å². The van der Waals surface area contributed by atoms with E-state index in [-0.39, 0.29) is 5.56 Å². The second-order valence-corrected chi connectivity index (χ2v) is 5.03. The molecular weight excluding hydrogens is 291 g/mol. The van der Waals surface area contributed by atoms with Crippen molar-refractivity contribution in [1.82, 2.24) is 0 Å². The van der Waals surface area contributed by atoms with Gasteiger partial charge in [0.15, 0.2) is 0 Å². The molecule has 7 heteroatoms. The van der Waals surface area contributed by atoms with Crippen LogP contribution in [0.15, 0.2) is 35.7 Å². The highest BCUT2D eigenvalue weighted by molar-refractivity contribution is 7.10. The number of carboxylic acid groups (broad SMARTS) is 1. The van der Waals surface area contributed by atoms with Gasteiger partial charge in [0.2, 0.25) is 0 Å². The predicted octanol–water partition coefficient (Wildman–Crippen LogP) is 4.08. The first kappa shape index (κ1) is 14.4. The molecule has 2 rings (SSSR count). The summed E-state index contributed by atoms with van der Waals surface area (Å²) in [5.74, 6) is -0.998. The highest BCUT2D eigenvalue weighted by Crippen LogP contribution is 2.30. The van der Waals surface area contributed by atoms with Crippen molar-refractivity contribution < 1.29 is 23.1 Å². The number of hydrogen-bond donors (Lipinski definition) is 2. The van der Waals surface area contributed by atoms with Crippen molar-refractivity contribution in [3.05, 3.63) is 51.7 Å². The molecule has 2 aromatic rings. The molecule has 0 saturated carbocycles. The summed E-state index contributed by atoms with van der Waals surface area (Å²) in [6, 6.07) is 6.21. The minimum atomic E-state index is -4.34. The van der Waals surface area contributed by atoms with Crippen molar-refractivity contribution in [2.45, 2.75) is 12.7 Å². The molecule has 0 spiro atoms. The molecule has 106 valence electrons. The van der Waals surface area contributed by atoms with Gasteiger partial charge >= 0.3 is 12.1 Å². The molecule has 0 unspecified atom stereocenters. The maximum Gasteiger partial charge on any atom is 0.416 e. The standard InChI is InChI=1S/C13H10F3NO2S/c14-13(15,16)9-1-3-10(4-2-9)17-6-11-5-8(7-20-11)12(18)19/h1-5,7,17H,6H2,(H,18,19). The normalized spacial score (nSPS) is 11.3. The van der Waals surface area contributed by atoms with Gasteiger partial charge in [-0.15, -0.1) is 11.3 Å². The van der Waals surface area contributed by atoms with E-state index in [2.05, 4.69) is 5.32 Å². The summed E-state index contributed by atoms with van der Waals surface area (Å²) in [6.45, 7) is 0.364. The van der Waals surface area contributed by atoms with E-state index in [0.717, 1.165) is 17.0 Å².